The highest BCUT2D eigenvalue weighted by Crippen LogP contribution is 2.13. The molecule has 0 spiro atoms. The summed E-state index contributed by atoms with van der Waals surface area (Å²) in [4.78, 5) is 10.1. The van der Waals surface area contributed by atoms with Crippen molar-refractivity contribution in [1.29, 1.82) is 0 Å². The van der Waals surface area contributed by atoms with Crippen LogP contribution >= 0.6 is 0 Å². The highest BCUT2D eigenvalue weighted by atomic mass is 16.3. The topological polar surface area (TPSA) is 37.3 Å². The molecule has 2 nitrogen and oxygen atoms in total. The molecule has 0 aliphatic heterocycles. The minimum Gasteiger partial charge on any atom is -0.393 e. The van der Waals surface area contributed by atoms with Gasteiger partial charge in [0, 0.05) is 6.42 Å². The second-order valence-corrected chi connectivity index (χ2v) is 6.39. The number of aliphatic hydroxyl groups is 1. The lowest BCUT2D eigenvalue weighted by Gasteiger charge is -2.06. The monoisotopic (exact) mass is 297 g/mol. The van der Waals surface area contributed by atoms with E-state index in [0.29, 0.717) is 0 Å². The van der Waals surface area contributed by atoms with Crippen LogP contribution in [0.1, 0.15) is 110 Å². The van der Waals surface area contributed by atoms with Crippen LogP contribution in [0, 0.1) is 0 Å². The number of hydrogen-bond acceptors (Lipinski definition) is 2. The fraction of sp³-hybridized carbons (Fsp3) is 0.947. The fourth-order valence-electron chi connectivity index (χ4n) is 2.77. The highest BCUT2D eigenvalue weighted by molar-refractivity contribution is 5.51. The largest absolute Gasteiger partial charge is 0.393 e. The Balaban J connectivity index is 3.01. The molecule has 1 unspecified atom stereocenters. The molecule has 0 aliphatic carbocycles. The summed E-state index contributed by atoms with van der Waals surface area (Å²) in [5.41, 5.74) is 0. The third-order valence-electron chi connectivity index (χ3n) is 4.21. The van der Waals surface area contributed by atoms with E-state index in [-0.39, 0.29) is 6.42 Å². The lowest BCUT2D eigenvalue weighted by molar-refractivity contribution is 0.167. The summed E-state index contributed by atoms with van der Waals surface area (Å²) < 4.78 is 0. The molecule has 0 aromatic heterocycles. The minimum absolute atomic E-state index is 0.179. The van der Waals surface area contributed by atoms with E-state index >= 15 is 0 Å². The maximum Gasteiger partial charge on any atom is 0.201 e. The zero-order valence-corrected chi connectivity index (χ0v) is 14.2. The van der Waals surface area contributed by atoms with Gasteiger partial charge in [-0.25, -0.2) is 0 Å². The van der Waals surface area contributed by atoms with Crippen molar-refractivity contribution in [2.24, 2.45) is 0 Å². The van der Waals surface area contributed by atoms with Crippen LogP contribution in [-0.4, -0.2) is 17.5 Å². The van der Waals surface area contributed by atoms with Crippen molar-refractivity contribution in [1.82, 2.24) is 0 Å². The van der Waals surface area contributed by atoms with Gasteiger partial charge in [0.15, 0.2) is 0 Å². The maximum absolute atomic E-state index is 10.1. The Morgan fingerprint density at radius 3 is 1.48 bits per heavy atom. The van der Waals surface area contributed by atoms with E-state index in [0.717, 1.165) is 12.8 Å². The Hall–Kier alpha value is -0.370. The summed E-state index contributed by atoms with van der Waals surface area (Å²) in [5, 5.41) is 9.38. The Kier molecular flexibility index (Phi) is 17.4. The average molecular weight is 298 g/mol. The average Bonchev–Trinajstić information content (AvgIpc) is 2.48. The first-order valence-corrected chi connectivity index (χ1v) is 9.34. The minimum atomic E-state index is -0.458. The molecule has 1 N–H and O–H groups in total. The predicted octanol–water partition coefficient (Wildman–Crippen LogP) is 5.72. The molecule has 0 amide bonds. The van der Waals surface area contributed by atoms with Crippen molar-refractivity contribution in [3.63, 3.8) is 0 Å². The van der Waals surface area contributed by atoms with E-state index < -0.39 is 6.10 Å². The van der Waals surface area contributed by atoms with Crippen molar-refractivity contribution in [2.45, 2.75) is 116 Å². The van der Waals surface area contributed by atoms with Gasteiger partial charge in [0.2, 0.25) is 6.29 Å². The molecular weight excluding hydrogens is 260 g/mol. The second kappa shape index (κ2) is 17.7. The van der Waals surface area contributed by atoms with E-state index in [1.807, 2.05) is 0 Å². The van der Waals surface area contributed by atoms with E-state index in [1.165, 1.54) is 83.5 Å². The first-order chi connectivity index (χ1) is 10.3. The zero-order valence-electron chi connectivity index (χ0n) is 14.2. The van der Waals surface area contributed by atoms with Crippen molar-refractivity contribution in [3.05, 3.63) is 0 Å². The molecule has 0 heterocycles. The third kappa shape index (κ3) is 17.6. The van der Waals surface area contributed by atoms with Crippen LogP contribution in [0.15, 0.2) is 0 Å². The standard InChI is InChI=1S/C19H37O2/c1-2-3-4-5-6-7-8-9-10-11-12-13-14-15-16-19(21)17-18-20/h19,21H,2-17H2,1H3. The van der Waals surface area contributed by atoms with Crippen LogP contribution in [0.4, 0.5) is 0 Å². The summed E-state index contributed by atoms with van der Waals surface area (Å²) in [6.45, 7) is 2.27. The smallest absolute Gasteiger partial charge is 0.201 e. The molecule has 0 bridgehead atoms. The van der Waals surface area contributed by atoms with Crippen molar-refractivity contribution < 1.29 is 9.90 Å². The van der Waals surface area contributed by atoms with Gasteiger partial charge in [-0.1, -0.05) is 96.8 Å². The van der Waals surface area contributed by atoms with Crippen molar-refractivity contribution in [3.8, 4) is 0 Å². The van der Waals surface area contributed by atoms with Gasteiger partial charge >= 0.3 is 0 Å². The van der Waals surface area contributed by atoms with E-state index in [4.69, 9.17) is 0 Å². The van der Waals surface area contributed by atoms with Gasteiger partial charge in [-0.3, -0.25) is 4.79 Å². The van der Waals surface area contributed by atoms with E-state index in [9.17, 15) is 9.90 Å². The van der Waals surface area contributed by atoms with Gasteiger partial charge in [0.05, 0.1) is 6.10 Å². The van der Waals surface area contributed by atoms with Gasteiger partial charge in [0.25, 0.3) is 0 Å². The second-order valence-electron chi connectivity index (χ2n) is 6.39. The van der Waals surface area contributed by atoms with Crippen molar-refractivity contribution >= 4 is 6.29 Å². The molecule has 125 valence electrons. The van der Waals surface area contributed by atoms with Gasteiger partial charge in [-0.05, 0) is 6.42 Å². The van der Waals surface area contributed by atoms with Crippen LogP contribution in [0.3, 0.4) is 0 Å². The molecule has 0 aromatic rings. The molecule has 1 atom stereocenters. The van der Waals surface area contributed by atoms with E-state index in [2.05, 4.69) is 6.92 Å². The molecule has 1 radical (unpaired) electrons. The van der Waals surface area contributed by atoms with Crippen LogP contribution in [-0.2, 0) is 4.79 Å². The quantitative estimate of drug-likeness (QED) is 0.349. The van der Waals surface area contributed by atoms with Crippen LogP contribution in [0.5, 0.6) is 0 Å². The molecular formula is C19H37O2. The molecule has 0 aliphatic rings. The molecule has 0 saturated carbocycles. The first-order valence-electron chi connectivity index (χ1n) is 9.34. The third-order valence-corrected chi connectivity index (χ3v) is 4.21. The van der Waals surface area contributed by atoms with Crippen LogP contribution in [0.2, 0.25) is 0 Å². The molecule has 0 aromatic carbocycles. The number of unbranched alkanes of at least 4 members (excludes halogenated alkanes) is 13. The molecule has 0 saturated heterocycles. The number of rotatable bonds is 17. The number of carbonyl (C=O) groups excluding carboxylic acids is 1. The summed E-state index contributed by atoms with van der Waals surface area (Å²) >= 11 is 0. The van der Waals surface area contributed by atoms with Crippen molar-refractivity contribution in [2.75, 3.05) is 0 Å². The van der Waals surface area contributed by atoms with E-state index in [1.54, 1.807) is 6.29 Å². The highest BCUT2D eigenvalue weighted by Gasteiger charge is 2.02. The maximum atomic E-state index is 10.1. The Bertz CT molecular complexity index is 204. The fourth-order valence-corrected chi connectivity index (χ4v) is 2.77. The molecule has 0 rings (SSSR count). The first kappa shape index (κ1) is 20.6. The van der Waals surface area contributed by atoms with Gasteiger partial charge in [-0.2, -0.15) is 0 Å². The summed E-state index contributed by atoms with van der Waals surface area (Å²) in [5.74, 6) is 0. The normalized spacial score (nSPS) is 12.5. The lowest BCUT2D eigenvalue weighted by Crippen LogP contribution is -2.06. The number of aliphatic hydroxyl groups excluding tert-OH is 1. The SMILES string of the molecule is CCCCCCCCCCCCCCCCC(O)C[C]=O. The molecule has 21 heavy (non-hydrogen) atoms. The van der Waals surface area contributed by atoms with Crippen LogP contribution < -0.4 is 0 Å². The lowest BCUT2D eigenvalue weighted by atomic mass is 10.0. The van der Waals surface area contributed by atoms with Crippen LogP contribution in [0.25, 0.3) is 0 Å². The summed E-state index contributed by atoms with van der Waals surface area (Å²) in [6, 6.07) is 0. The molecule has 2 heteroatoms. The predicted molar refractivity (Wildman–Crippen MR) is 91.2 cm³/mol. The number of hydrogen-bond donors (Lipinski definition) is 1. The summed E-state index contributed by atoms with van der Waals surface area (Å²) in [7, 11) is 0. The Labute approximate surface area is 132 Å². The Morgan fingerprint density at radius 2 is 1.10 bits per heavy atom. The molecule has 0 fully saturated rings. The van der Waals surface area contributed by atoms with Gasteiger partial charge in [0.1, 0.15) is 0 Å². The zero-order chi connectivity index (χ0) is 15.6. The van der Waals surface area contributed by atoms with Gasteiger partial charge < -0.3 is 5.11 Å². The summed E-state index contributed by atoms with van der Waals surface area (Å²) in [6.07, 6.45) is 21.1. The Morgan fingerprint density at radius 1 is 0.714 bits per heavy atom. The van der Waals surface area contributed by atoms with Gasteiger partial charge in [-0.15, -0.1) is 0 Å².